The van der Waals surface area contributed by atoms with E-state index in [4.69, 9.17) is 9.15 Å². The summed E-state index contributed by atoms with van der Waals surface area (Å²) in [5, 5.41) is 6.14. The highest BCUT2D eigenvalue weighted by molar-refractivity contribution is 6.24. The van der Waals surface area contributed by atoms with Crippen LogP contribution < -0.4 is 10.6 Å². The van der Waals surface area contributed by atoms with Crippen LogP contribution in [0.3, 0.4) is 0 Å². The first kappa shape index (κ1) is 30.8. The lowest BCUT2D eigenvalue weighted by Gasteiger charge is -2.27. The minimum atomic E-state index is -1.01. The SMILES string of the molecule is CN(CCOCC(=O)NC(c1cccnc1)c1cc2ccccc2o1)CCc1cccc2c1C(=O)N(C1CCC(=O)NC1=O)C2=O. The molecule has 6 rings (SSSR count). The predicted molar refractivity (Wildman–Crippen MR) is 166 cm³/mol. The van der Waals surface area contributed by atoms with Crippen LogP contribution in [0, 0.1) is 0 Å². The largest absolute Gasteiger partial charge is 0.459 e. The van der Waals surface area contributed by atoms with Crippen LogP contribution in [0.15, 0.2) is 77.5 Å². The van der Waals surface area contributed by atoms with Crippen molar-refractivity contribution in [3.05, 3.63) is 101 Å². The third-order valence-corrected chi connectivity index (χ3v) is 8.22. The highest BCUT2D eigenvalue weighted by Crippen LogP contribution is 2.31. The van der Waals surface area contributed by atoms with Crippen LogP contribution in [-0.4, -0.2) is 83.7 Å². The van der Waals surface area contributed by atoms with Gasteiger partial charge >= 0.3 is 0 Å². The summed E-state index contributed by atoms with van der Waals surface area (Å²) < 4.78 is 11.7. The van der Waals surface area contributed by atoms with Gasteiger partial charge in [0.1, 0.15) is 30.0 Å². The molecule has 2 unspecified atom stereocenters. The highest BCUT2D eigenvalue weighted by Gasteiger charge is 2.45. The van der Waals surface area contributed by atoms with Crippen LogP contribution in [0.1, 0.15) is 56.5 Å². The molecule has 2 aliphatic rings. The van der Waals surface area contributed by atoms with Crippen LogP contribution in [0.25, 0.3) is 11.0 Å². The van der Waals surface area contributed by atoms with Gasteiger partial charge in [0.2, 0.25) is 17.7 Å². The summed E-state index contributed by atoms with van der Waals surface area (Å²) in [5.41, 5.74) is 2.76. The number of aromatic nitrogens is 1. The maximum absolute atomic E-state index is 13.3. The Morgan fingerprint density at radius 1 is 1.09 bits per heavy atom. The number of furan rings is 1. The number of nitrogens with one attached hydrogen (secondary N) is 2. The number of carbonyl (C=O) groups is 5. The Morgan fingerprint density at radius 3 is 2.72 bits per heavy atom. The van der Waals surface area contributed by atoms with E-state index in [1.807, 2.05) is 48.3 Å². The summed E-state index contributed by atoms with van der Waals surface area (Å²) in [4.78, 5) is 70.5. The molecule has 1 saturated heterocycles. The number of hydrogen-bond donors (Lipinski definition) is 2. The monoisotopic (exact) mass is 623 g/mol. The molecule has 236 valence electrons. The van der Waals surface area contributed by atoms with Gasteiger partial charge in [-0.25, -0.2) is 0 Å². The van der Waals surface area contributed by atoms with E-state index in [1.54, 1.807) is 36.7 Å². The lowest BCUT2D eigenvalue weighted by atomic mass is 10.00. The molecule has 1 fully saturated rings. The topological polar surface area (TPSA) is 151 Å². The fraction of sp³-hybridized carbons (Fsp3) is 0.294. The van der Waals surface area contributed by atoms with E-state index in [2.05, 4.69) is 15.6 Å². The number of benzene rings is 2. The normalized spacial score (nSPS) is 17.0. The number of pyridine rings is 1. The van der Waals surface area contributed by atoms with E-state index >= 15 is 0 Å². The summed E-state index contributed by atoms with van der Waals surface area (Å²) in [6.07, 6.45) is 4.01. The standard InChI is InChI=1S/C34H33N5O7/c1-38(15-13-21-7-4-9-24-30(21)34(44)39(33(24)43)25-11-12-28(40)37-32(25)42)16-17-45-20-29(41)36-31(23-8-5-14-35-19-23)27-18-22-6-2-3-10-26(22)46-27/h2-10,14,18-19,25,31H,11-13,15-17,20H2,1H3,(H,36,41)(H,37,40,42). The van der Waals surface area contributed by atoms with Gasteiger partial charge in [-0.1, -0.05) is 36.4 Å². The first-order chi connectivity index (χ1) is 22.3. The Bertz CT molecular complexity index is 1770. The molecule has 5 amide bonds. The number of carbonyl (C=O) groups excluding carboxylic acids is 5. The van der Waals surface area contributed by atoms with Crippen molar-refractivity contribution in [2.24, 2.45) is 0 Å². The second kappa shape index (κ2) is 13.4. The molecule has 2 N–H and O–H groups in total. The molecule has 0 bridgehead atoms. The summed E-state index contributed by atoms with van der Waals surface area (Å²) in [7, 11) is 1.90. The highest BCUT2D eigenvalue weighted by atomic mass is 16.5. The minimum Gasteiger partial charge on any atom is -0.459 e. The number of amides is 5. The Hall–Kier alpha value is -5.20. The average Bonchev–Trinajstić information content (AvgIpc) is 3.60. The number of likely N-dealkylation sites (N-methyl/N-ethyl adjacent to an activating group) is 1. The van der Waals surface area contributed by atoms with Crippen molar-refractivity contribution < 1.29 is 33.1 Å². The maximum Gasteiger partial charge on any atom is 0.262 e. The molecule has 2 atom stereocenters. The third kappa shape index (κ3) is 6.44. The molecule has 0 radical (unpaired) electrons. The molecule has 46 heavy (non-hydrogen) atoms. The smallest absolute Gasteiger partial charge is 0.262 e. The molecule has 12 nitrogen and oxygen atoms in total. The first-order valence-electron chi connectivity index (χ1n) is 15.1. The maximum atomic E-state index is 13.3. The lowest BCUT2D eigenvalue weighted by Crippen LogP contribution is -2.54. The zero-order valence-corrected chi connectivity index (χ0v) is 25.2. The van der Waals surface area contributed by atoms with Crippen molar-refractivity contribution in [2.45, 2.75) is 31.3 Å². The molecule has 2 aromatic heterocycles. The fourth-order valence-corrected chi connectivity index (χ4v) is 5.81. The molecular formula is C34H33N5O7. The number of para-hydroxylation sites is 1. The molecule has 0 spiro atoms. The summed E-state index contributed by atoms with van der Waals surface area (Å²) in [6, 6.07) is 16.8. The van der Waals surface area contributed by atoms with Crippen LogP contribution in [0.2, 0.25) is 0 Å². The van der Waals surface area contributed by atoms with E-state index in [1.165, 1.54) is 0 Å². The summed E-state index contributed by atoms with van der Waals surface area (Å²) >= 11 is 0. The van der Waals surface area contributed by atoms with Gasteiger partial charge < -0.3 is 19.4 Å². The molecule has 4 heterocycles. The second-order valence-corrected chi connectivity index (χ2v) is 11.4. The molecular weight excluding hydrogens is 590 g/mol. The Balaban J connectivity index is 1.00. The Morgan fingerprint density at radius 2 is 1.93 bits per heavy atom. The van der Waals surface area contributed by atoms with E-state index in [9.17, 15) is 24.0 Å². The van der Waals surface area contributed by atoms with Gasteiger partial charge in [-0.05, 0) is 49.7 Å². The van der Waals surface area contributed by atoms with E-state index < -0.39 is 35.7 Å². The van der Waals surface area contributed by atoms with Gasteiger partial charge in [0.15, 0.2) is 0 Å². The van der Waals surface area contributed by atoms with E-state index in [0.717, 1.165) is 21.4 Å². The van der Waals surface area contributed by atoms with Crippen molar-refractivity contribution in [3.63, 3.8) is 0 Å². The van der Waals surface area contributed by atoms with Crippen LogP contribution in [0.5, 0.6) is 0 Å². The number of ether oxygens (including phenoxy) is 1. The van der Waals surface area contributed by atoms with Crippen LogP contribution >= 0.6 is 0 Å². The number of nitrogens with zero attached hydrogens (tertiary/aromatic N) is 3. The van der Waals surface area contributed by atoms with Gasteiger partial charge in [0.25, 0.3) is 11.8 Å². The number of hydrogen-bond acceptors (Lipinski definition) is 9. The van der Waals surface area contributed by atoms with Crippen molar-refractivity contribution in [3.8, 4) is 0 Å². The number of piperidine rings is 1. The Labute approximate surface area is 264 Å². The van der Waals surface area contributed by atoms with Gasteiger partial charge in [0, 0.05) is 42.9 Å². The quantitative estimate of drug-likeness (QED) is 0.179. The number of fused-ring (bicyclic) bond motifs is 2. The zero-order chi connectivity index (χ0) is 32.2. The van der Waals surface area contributed by atoms with Gasteiger partial charge in [-0.2, -0.15) is 0 Å². The molecule has 4 aromatic rings. The molecule has 12 heteroatoms. The van der Waals surface area contributed by atoms with Gasteiger partial charge in [-0.3, -0.25) is 39.2 Å². The van der Waals surface area contributed by atoms with E-state index in [0.29, 0.717) is 43.0 Å². The summed E-state index contributed by atoms with van der Waals surface area (Å²) in [6.45, 7) is 1.22. The van der Waals surface area contributed by atoms with Gasteiger partial charge in [0.05, 0.1) is 17.7 Å². The Kier molecular flexibility index (Phi) is 8.99. The molecule has 0 aliphatic carbocycles. The van der Waals surface area contributed by atoms with Crippen LogP contribution in [-0.2, 0) is 25.5 Å². The van der Waals surface area contributed by atoms with Crippen LogP contribution in [0.4, 0.5) is 0 Å². The second-order valence-electron chi connectivity index (χ2n) is 11.4. The predicted octanol–water partition coefficient (Wildman–Crippen LogP) is 2.63. The van der Waals surface area contributed by atoms with Crippen molar-refractivity contribution in [1.29, 1.82) is 0 Å². The minimum absolute atomic E-state index is 0.0670. The third-order valence-electron chi connectivity index (χ3n) is 8.22. The lowest BCUT2D eigenvalue weighted by molar-refractivity contribution is -0.136. The fourth-order valence-electron chi connectivity index (χ4n) is 5.81. The number of imide groups is 2. The first-order valence-corrected chi connectivity index (χ1v) is 15.1. The average molecular weight is 624 g/mol. The number of rotatable bonds is 12. The van der Waals surface area contributed by atoms with Crippen molar-refractivity contribution in [1.82, 2.24) is 25.4 Å². The molecule has 0 saturated carbocycles. The molecule has 2 aromatic carbocycles. The van der Waals surface area contributed by atoms with Crippen molar-refractivity contribution >= 4 is 40.5 Å². The van der Waals surface area contributed by atoms with Crippen molar-refractivity contribution in [2.75, 3.05) is 33.4 Å². The van der Waals surface area contributed by atoms with E-state index in [-0.39, 0.29) is 30.9 Å². The van der Waals surface area contributed by atoms with Gasteiger partial charge in [-0.15, -0.1) is 0 Å². The summed E-state index contributed by atoms with van der Waals surface area (Å²) in [5.74, 6) is -1.81. The zero-order valence-electron chi connectivity index (χ0n) is 25.2. The molecule has 2 aliphatic heterocycles.